The van der Waals surface area contributed by atoms with Crippen LogP contribution in [0, 0.1) is 0 Å². The van der Waals surface area contributed by atoms with Crippen LogP contribution in [0.25, 0.3) is 0 Å². The molecule has 0 aliphatic carbocycles. The van der Waals surface area contributed by atoms with Crippen molar-refractivity contribution in [2.24, 2.45) is 0 Å². The van der Waals surface area contributed by atoms with Crippen molar-refractivity contribution in [3.8, 4) is 0 Å². The summed E-state index contributed by atoms with van der Waals surface area (Å²) >= 11 is 3.33. The summed E-state index contributed by atoms with van der Waals surface area (Å²) < 4.78 is 37.6. The van der Waals surface area contributed by atoms with Gasteiger partial charge in [-0.3, -0.25) is 4.90 Å². The third-order valence-electron chi connectivity index (χ3n) is 2.20. The highest BCUT2D eigenvalue weighted by Gasteiger charge is 2.30. The third kappa shape index (κ3) is 4.53. The Hall–Kier alpha value is -0.550. The van der Waals surface area contributed by atoms with E-state index in [-0.39, 0.29) is 0 Å². The smallest absolute Gasteiger partial charge is 0.291 e. The lowest BCUT2D eigenvalue weighted by atomic mass is 10.2. The Morgan fingerprint density at radius 1 is 1.25 bits per heavy atom. The van der Waals surface area contributed by atoms with Gasteiger partial charge in [0, 0.05) is 11.0 Å². The standard InChI is InChI=1S/C11H13BrF3N/c1-2-16(8-11(13,14)15)7-9-5-3-4-6-10(9)12/h3-6H,2,7-8H2,1H3. The van der Waals surface area contributed by atoms with Crippen molar-refractivity contribution in [2.45, 2.75) is 19.6 Å². The normalized spacial score (nSPS) is 12.1. The minimum atomic E-state index is -4.14. The van der Waals surface area contributed by atoms with E-state index in [4.69, 9.17) is 0 Å². The van der Waals surface area contributed by atoms with Crippen LogP contribution in [-0.2, 0) is 6.54 Å². The molecule has 0 fully saturated rings. The molecule has 16 heavy (non-hydrogen) atoms. The predicted octanol–water partition coefficient (Wildman–Crippen LogP) is 3.83. The Bertz CT molecular complexity index is 338. The number of nitrogens with zero attached hydrogens (tertiary/aromatic N) is 1. The van der Waals surface area contributed by atoms with Gasteiger partial charge >= 0.3 is 6.18 Å². The molecule has 1 nitrogen and oxygen atoms in total. The molecule has 0 saturated carbocycles. The molecule has 0 unspecified atom stereocenters. The molecular weight excluding hydrogens is 283 g/mol. The van der Waals surface area contributed by atoms with Gasteiger partial charge in [-0.2, -0.15) is 13.2 Å². The van der Waals surface area contributed by atoms with Crippen LogP contribution in [0.3, 0.4) is 0 Å². The molecule has 0 aromatic heterocycles. The molecular formula is C11H13BrF3N. The van der Waals surface area contributed by atoms with Gasteiger partial charge in [-0.15, -0.1) is 0 Å². The van der Waals surface area contributed by atoms with Crippen LogP contribution in [0.1, 0.15) is 12.5 Å². The zero-order valence-corrected chi connectivity index (χ0v) is 10.5. The molecule has 0 heterocycles. The molecule has 0 spiro atoms. The van der Waals surface area contributed by atoms with Gasteiger partial charge in [0.05, 0.1) is 6.54 Å². The number of rotatable bonds is 4. The molecule has 0 amide bonds. The second-order valence-electron chi connectivity index (χ2n) is 3.51. The first-order chi connectivity index (χ1) is 7.42. The number of hydrogen-bond donors (Lipinski definition) is 0. The fourth-order valence-corrected chi connectivity index (χ4v) is 1.81. The lowest BCUT2D eigenvalue weighted by Crippen LogP contribution is -2.33. The maximum absolute atomic E-state index is 12.2. The molecule has 0 bridgehead atoms. The first-order valence-corrected chi connectivity index (χ1v) is 5.74. The zero-order valence-electron chi connectivity index (χ0n) is 8.89. The van der Waals surface area contributed by atoms with Crippen molar-refractivity contribution >= 4 is 15.9 Å². The summed E-state index contributed by atoms with van der Waals surface area (Å²) in [5.41, 5.74) is 0.869. The van der Waals surface area contributed by atoms with Gasteiger partial charge in [-0.05, 0) is 18.2 Å². The average molecular weight is 296 g/mol. The molecule has 1 aromatic rings. The SMILES string of the molecule is CCN(Cc1ccccc1Br)CC(F)(F)F. The van der Waals surface area contributed by atoms with Gasteiger partial charge in [-0.1, -0.05) is 41.1 Å². The predicted molar refractivity (Wildman–Crippen MR) is 61.1 cm³/mol. The second kappa shape index (κ2) is 5.68. The highest BCUT2D eigenvalue weighted by molar-refractivity contribution is 9.10. The van der Waals surface area contributed by atoms with Crippen LogP contribution in [0.15, 0.2) is 28.7 Å². The lowest BCUT2D eigenvalue weighted by Gasteiger charge is -2.22. The number of benzene rings is 1. The highest BCUT2D eigenvalue weighted by Crippen LogP contribution is 2.21. The van der Waals surface area contributed by atoms with E-state index in [1.54, 1.807) is 6.92 Å². The molecule has 1 aromatic carbocycles. The minimum absolute atomic E-state index is 0.303. The monoisotopic (exact) mass is 295 g/mol. The van der Waals surface area contributed by atoms with E-state index in [0.29, 0.717) is 13.1 Å². The van der Waals surface area contributed by atoms with E-state index < -0.39 is 12.7 Å². The van der Waals surface area contributed by atoms with Crippen molar-refractivity contribution in [3.05, 3.63) is 34.3 Å². The molecule has 5 heteroatoms. The number of halogens is 4. The van der Waals surface area contributed by atoms with Gasteiger partial charge in [0.15, 0.2) is 0 Å². The summed E-state index contributed by atoms with van der Waals surface area (Å²) in [5, 5.41) is 0. The quantitative estimate of drug-likeness (QED) is 0.816. The van der Waals surface area contributed by atoms with E-state index >= 15 is 0 Å². The Morgan fingerprint density at radius 3 is 2.38 bits per heavy atom. The van der Waals surface area contributed by atoms with E-state index in [1.165, 1.54) is 4.90 Å². The zero-order chi connectivity index (χ0) is 12.2. The highest BCUT2D eigenvalue weighted by atomic mass is 79.9. The Kier molecular flexibility index (Phi) is 4.80. The van der Waals surface area contributed by atoms with Crippen LogP contribution >= 0.6 is 15.9 Å². The Labute approximate surface area is 101 Å². The molecule has 90 valence electrons. The fraction of sp³-hybridized carbons (Fsp3) is 0.455. The largest absolute Gasteiger partial charge is 0.401 e. The maximum atomic E-state index is 12.2. The van der Waals surface area contributed by atoms with Crippen molar-refractivity contribution in [1.82, 2.24) is 4.90 Å². The fourth-order valence-electron chi connectivity index (χ4n) is 1.40. The summed E-state index contributed by atoms with van der Waals surface area (Å²) in [4.78, 5) is 1.36. The van der Waals surface area contributed by atoms with Crippen molar-refractivity contribution < 1.29 is 13.2 Å². The van der Waals surface area contributed by atoms with E-state index in [2.05, 4.69) is 15.9 Å². The summed E-state index contributed by atoms with van der Waals surface area (Å²) in [6.07, 6.45) is -4.14. The lowest BCUT2D eigenvalue weighted by molar-refractivity contribution is -0.146. The summed E-state index contributed by atoms with van der Waals surface area (Å²) in [6.45, 7) is 1.53. The van der Waals surface area contributed by atoms with Crippen LogP contribution < -0.4 is 0 Å². The molecule has 0 saturated heterocycles. The van der Waals surface area contributed by atoms with E-state index in [0.717, 1.165) is 10.0 Å². The van der Waals surface area contributed by atoms with E-state index in [1.807, 2.05) is 24.3 Å². The molecule has 0 aliphatic rings. The van der Waals surface area contributed by atoms with Crippen molar-refractivity contribution in [1.29, 1.82) is 0 Å². The summed E-state index contributed by atoms with van der Waals surface area (Å²) in [5.74, 6) is 0. The average Bonchev–Trinajstić information content (AvgIpc) is 2.18. The maximum Gasteiger partial charge on any atom is 0.401 e. The minimum Gasteiger partial charge on any atom is -0.291 e. The Morgan fingerprint density at radius 2 is 1.88 bits per heavy atom. The van der Waals surface area contributed by atoms with Gasteiger partial charge in [0.25, 0.3) is 0 Å². The van der Waals surface area contributed by atoms with E-state index in [9.17, 15) is 13.2 Å². The van der Waals surface area contributed by atoms with Gasteiger partial charge in [0.1, 0.15) is 0 Å². The summed E-state index contributed by atoms with van der Waals surface area (Å²) in [7, 11) is 0. The van der Waals surface area contributed by atoms with Crippen LogP contribution in [0.5, 0.6) is 0 Å². The van der Waals surface area contributed by atoms with Crippen molar-refractivity contribution in [2.75, 3.05) is 13.1 Å². The Balaban J connectivity index is 2.67. The third-order valence-corrected chi connectivity index (χ3v) is 2.98. The second-order valence-corrected chi connectivity index (χ2v) is 4.36. The molecule has 0 radical (unpaired) electrons. The molecule has 1 rings (SSSR count). The van der Waals surface area contributed by atoms with Gasteiger partial charge in [-0.25, -0.2) is 0 Å². The topological polar surface area (TPSA) is 3.24 Å². The van der Waals surface area contributed by atoms with Crippen LogP contribution in [0.2, 0.25) is 0 Å². The van der Waals surface area contributed by atoms with Crippen LogP contribution in [0.4, 0.5) is 13.2 Å². The first kappa shape index (κ1) is 13.5. The van der Waals surface area contributed by atoms with Gasteiger partial charge in [0.2, 0.25) is 0 Å². The molecule has 0 N–H and O–H groups in total. The van der Waals surface area contributed by atoms with Crippen molar-refractivity contribution in [3.63, 3.8) is 0 Å². The first-order valence-electron chi connectivity index (χ1n) is 4.95. The summed E-state index contributed by atoms with van der Waals surface area (Å²) in [6, 6.07) is 7.31. The number of hydrogen-bond acceptors (Lipinski definition) is 1. The van der Waals surface area contributed by atoms with Crippen LogP contribution in [-0.4, -0.2) is 24.2 Å². The number of alkyl halides is 3. The molecule has 0 atom stereocenters. The van der Waals surface area contributed by atoms with Gasteiger partial charge < -0.3 is 0 Å². The molecule has 0 aliphatic heterocycles.